The lowest BCUT2D eigenvalue weighted by Gasteiger charge is -2.05. The van der Waals surface area contributed by atoms with Crippen LogP contribution in [0.2, 0.25) is 0 Å². The van der Waals surface area contributed by atoms with Gasteiger partial charge in [0.25, 0.3) is 0 Å². The number of benzene rings is 1. The molecule has 0 saturated carbocycles. The molecular weight excluding hydrogens is 291 g/mol. The quantitative estimate of drug-likeness (QED) is 0.674. The number of aromatic nitrogens is 3. The van der Waals surface area contributed by atoms with Gasteiger partial charge in [0.1, 0.15) is 11.5 Å². The number of hydrogen-bond donors (Lipinski definition) is 1. The second kappa shape index (κ2) is 4.25. The molecule has 17 heavy (non-hydrogen) atoms. The Morgan fingerprint density at radius 3 is 2.82 bits per heavy atom. The van der Waals surface area contributed by atoms with Crippen LogP contribution in [0.25, 0.3) is 0 Å². The van der Waals surface area contributed by atoms with Crippen molar-refractivity contribution in [1.29, 1.82) is 0 Å². The molecule has 5 nitrogen and oxygen atoms in total. The van der Waals surface area contributed by atoms with Crippen LogP contribution >= 0.6 is 15.9 Å². The van der Waals surface area contributed by atoms with Gasteiger partial charge in [0.05, 0.1) is 11.3 Å². The lowest BCUT2D eigenvalue weighted by Crippen LogP contribution is -2.12. The lowest BCUT2D eigenvalue weighted by molar-refractivity contribution is 0.103. The summed E-state index contributed by atoms with van der Waals surface area (Å²) in [5.41, 5.74) is 5.67. The molecular formula is C10H8BrFN4O. The van der Waals surface area contributed by atoms with Crippen LogP contribution in [-0.2, 0) is 7.05 Å². The van der Waals surface area contributed by atoms with E-state index in [9.17, 15) is 9.18 Å². The first-order valence-corrected chi connectivity index (χ1v) is 5.45. The van der Waals surface area contributed by atoms with Crippen LogP contribution in [0, 0.1) is 5.82 Å². The van der Waals surface area contributed by atoms with Crippen molar-refractivity contribution in [2.75, 3.05) is 5.73 Å². The first kappa shape index (κ1) is 11.7. The normalized spacial score (nSPS) is 10.5. The maximum Gasteiger partial charge on any atom is 0.216 e. The second-order valence-electron chi connectivity index (χ2n) is 3.38. The van der Waals surface area contributed by atoms with Crippen molar-refractivity contribution >= 4 is 27.4 Å². The molecule has 2 rings (SSSR count). The fourth-order valence-corrected chi connectivity index (χ4v) is 1.94. The predicted octanol–water partition coefficient (Wildman–Crippen LogP) is 1.53. The van der Waals surface area contributed by atoms with Crippen LogP contribution in [0.1, 0.15) is 16.1 Å². The average molecular weight is 299 g/mol. The summed E-state index contributed by atoms with van der Waals surface area (Å²) in [5.74, 6) is -1.05. The monoisotopic (exact) mass is 298 g/mol. The van der Waals surface area contributed by atoms with Gasteiger partial charge in [0.15, 0.2) is 4.60 Å². The van der Waals surface area contributed by atoms with Crippen LogP contribution in [0.15, 0.2) is 22.8 Å². The first-order chi connectivity index (χ1) is 8.02. The Morgan fingerprint density at radius 2 is 2.24 bits per heavy atom. The molecule has 0 saturated heterocycles. The van der Waals surface area contributed by atoms with Crippen LogP contribution in [0.3, 0.4) is 0 Å². The minimum absolute atomic E-state index is 0.0936. The van der Waals surface area contributed by atoms with Gasteiger partial charge in [0, 0.05) is 7.05 Å². The Balaban J connectivity index is 2.55. The highest BCUT2D eigenvalue weighted by Crippen LogP contribution is 2.22. The summed E-state index contributed by atoms with van der Waals surface area (Å²) < 4.78 is 14.9. The van der Waals surface area contributed by atoms with Crippen molar-refractivity contribution in [1.82, 2.24) is 15.0 Å². The number of anilines is 1. The van der Waals surface area contributed by atoms with Crippen molar-refractivity contribution in [2.24, 2.45) is 7.05 Å². The maximum absolute atomic E-state index is 13.3. The van der Waals surface area contributed by atoms with E-state index < -0.39 is 11.6 Å². The molecule has 0 aliphatic carbocycles. The van der Waals surface area contributed by atoms with E-state index in [0.29, 0.717) is 4.60 Å². The van der Waals surface area contributed by atoms with Crippen LogP contribution in [-0.4, -0.2) is 20.8 Å². The van der Waals surface area contributed by atoms with E-state index in [-0.39, 0.29) is 16.9 Å². The number of hydrogen-bond acceptors (Lipinski definition) is 4. The molecule has 0 aliphatic heterocycles. The van der Waals surface area contributed by atoms with E-state index in [1.54, 1.807) is 7.05 Å². The number of ketones is 1. The Bertz CT molecular complexity index is 576. The van der Waals surface area contributed by atoms with Crippen molar-refractivity contribution < 1.29 is 9.18 Å². The smallest absolute Gasteiger partial charge is 0.216 e. The van der Waals surface area contributed by atoms with E-state index in [2.05, 4.69) is 26.2 Å². The Hall–Kier alpha value is -1.76. The summed E-state index contributed by atoms with van der Waals surface area (Å²) in [6, 6.07) is 4.08. The van der Waals surface area contributed by atoms with Crippen LogP contribution in [0.4, 0.5) is 10.1 Å². The minimum Gasteiger partial charge on any atom is -0.396 e. The molecule has 1 aromatic heterocycles. The predicted molar refractivity (Wildman–Crippen MR) is 62.9 cm³/mol. The summed E-state index contributed by atoms with van der Waals surface area (Å²) in [6.07, 6.45) is 0. The molecule has 0 aliphatic rings. The van der Waals surface area contributed by atoms with Crippen molar-refractivity contribution in [3.8, 4) is 0 Å². The molecule has 0 atom stereocenters. The van der Waals surface area contributed by atoms with E-state index in [0.717, 1.165) is 0 Å². The third-order valence-electron chi connectivity index (χ3n) is 2.30. The maximum atomic E-state index is 13.3. The number of nitrogen functional groups attached to an aromatic ring is 1. The van der Waals surface area contributed by atoms with Gasteiger partial charge in [-0.05, 0) is 28.1 Å². The van der Waals surface area contributed by atoms with E-state index in [1.165, 1.54) is 22.9 Å². The highest BCUT2D eigenvalue weighted by Gasteiger charge is 2.21. The van der Waals surface area contributed by atoms with Gasteiger partial charge in [-0.2, -0.15) is 0 Å². The molecule has 0 unspecified atom stereocenters. The standard InChI is InChI=1S/C10H8BrFN4O/c1-16-8(10(11)14-15-16)9(17)5-3-2-4-6(12)7(5)13/h2-4H,13H2,1H3. The Morgan fingerprint density at radius 1 is 1.53 bits per heavy atom. The summed E-state index contributed by atoms with van der Waals surface area (Å²) >= 11 is 3.11. The zero-order valence-corrected chi connectivity index (χ0v) is 10.4. The largest absolute Gasteiger partial charge is 0.396 e. The Kier molecular flexibility index (Phi) is 2.93. The third kappa shape index (κ3) is 1.93. The molecule has 0 fully saturated rings. The first-order valence-electron chi connectivity index (χ1n) is 4.66. The molecule has 2 N–H and O–H groups in total. The SMILES string of the molecule is Cn1nnc(Br)c1C(=O)c1cccc(F)c1N. The average Bonchev–Trinajstić information content (AvgIpc) is 2.62. The van der Waals surface area contributed by atoms with Crippen molar-refractivity contribution in [3.63, 3.8) is 0 Å². The molecule has 0 amide bonds. The number of rotatable bonds is 2. The topological polar surface area (TPSA) is 73.8 Å². The highest BCUT2D eigenvalue weighted by molar-refractivity contribution is 9.10. The van der Waals surface area contributed by atoms with Crippen molar-refractivity contribution in [2.45, 2.75) is 0 Å². The number of carbonyl (C=O) groups excluding carboxylic acids is 1. The van der Waals surface area contributed by atoms with Gasteiger partial charge in [-0.3, -0.25) is 4.79 Å². The van der Waals surface area contributed by atoms with E-state index in [1.807, 2.05) is 0 Å². The number of halogens is 2. The van der Waals surface area contributed by atoms with Crippen molar-refractivity contribution in [3.05, 3.63) is 39.9 Å². The zero-order valence-electron chi connectivity index (χ0n) is 8.82. The third-order valence-corrected chi connectivity index (χ3v) is 2.83. The summed E-state index contributed by atoms with van der Waals surface area (Å²) in [5, 5.41) is 7.37. The summed E-state index contributed by atoms with van der Waals surface area (Å²) in [4.78, 5) is 12.1. The number of nitrogens with two attached hydrogens (primary N) is 1. The number of carbonyl (C=O) groups is 1. The van der Waals surface area contributed by atoms with Gasteiger partial charge in [-0.15, -0.1) is 5.10 Å². The van der Waals surface area contributed by atoms with E-state index >= 15 is 0 Å². The van der Waals surface area contributed by atoms with Gasteiger partial charge < -0.3 is 5.73 Å². The fourth-order valence-electron chi connectivity index (χ4n) is 1.44. The molecule has 7 heteroatoms. The number of aryl methyl sites for hydroxylation is 1. The fraction of sp³-hybridized carbons (Fsp3) is 0.100. The van der Waals surface area contributed by atoms with Gasteiger partial charge in [-0.25, -0.2) is 9.07 Å². The molecule has 0 bridgehead atoms. The molecule has 1 aromatic carbocycles. The Labute approximate surface area is 105 Å². The van der Waals surface area contributed by atoms with Crippen LogP contribution in [0.5, 0.6) is 0 Å². The molecule has 2 aromatic rings. The van der Waals surface area contributed by atoms with E-state index in [4.69, 9.17) is 5.73 Å². The molecule has 0 spiro atoms. The summed E-state index contributed by atoms with van der Waals surface area (Å²) in [7, 11) is 1.57. The highest BCUT2D eigenvalue weighted by atomic mass is 79.9. The van der Waals surface area contributed by atoms with Gasteiger partial charge in [0.2, 0.25) is 5.78 Å². The van der Waals surface area contributed by atoms with Gasteiger partial charge >= 0.3 is 0 Å². The lowest BCUT2D eigenvalue weighted by atomic mass is 10.1. The number of para-hydroxylation sites is 1. The summed E-state index contributed by atoms with van der Waals surface area (Å²) in [6.45, 7) is 0. The molecule has 88 valence electrons. The molecule has 0 radical (unpaired) electrons. The van der Waals surface area contributed by atoms with Crippen LogP contribution < -0.4 is 5.73 Å². The van der Waals surface area contributed by atoms with Gasteiger partial charge in [-0.1, -0.05) is 11.3 Å². The molecule has 1 heterocycles. The zero-order chi connectivity index (χ0) is 12.6. The number of nitrogens with zero attached hydrogens (tertiary/aromatic N) is 3. The minimum atomic E-state index is -0.623. The second-order valence-corrected chi connectivity index (χ2v) is 4.13.